The van der Waals surface area contributed by atoms with Crippen LogP contribution in [0, 0.1) is 23.7 Å². The molecule has 10 nitrogen and oxygen atoms in total. The lowest BCUT2D eigenvalue weighted by Gasteiger charge is -2.52. The van der Waals surface area contributed by atoms with Crippen LogP contribution in [0.2, 0.25) is 0 Å². The highest BCUT2D eigenvalue weighted by molar-refractivity contribution is 6.32. The van der Waals surface area contributed by atoms with E-state index in [0.29, 0.717) is 12.0 Å². The molecule has 0 aromatic heterocycles. The number of ketones is 4. The first-order chi connectivity index (χ1) is 16.8. The van der Waals surface area contributed by atoms with Gasteiger partial charge in [-0.1, -0.05) is 6.07 Å². The van der Waals surface area contributed by atoms with Crippen LogP contribution in [0.15, 0.2) is 12.1 Å². The summed E-state index contributed by atoms with van der Waals surface area (Å²) in [6.07, 6.45) is 1.84. The number of aromatic hydroxyl groups is 1. The van der Waals surface area contributed by atoms with Crippen LogP contribution >= 0.6 is 0 Å². The van der Waals surface area contributed by atoms with E-state index in [1.54, 1.807) is 20.2 Å². The molecule has 1 aromatic rings. The summed E-state index contributed by atoms with van der Waals surface area (Å²) in [5.41, 5.74) is 4.25. The van der Waals surface area contributed by atoms with E-state index in [-0.39, 0.29) is 24.2 Å². The minimum atomic E-state index is -2.70. The average Bonchev–Trinajstić information content (AvgIpc) is 2.77. The number of phenols is 1. The maximum atomic E-state index is 13.8. The average molecular weight is 500 g/mol. The Bertz CT molecular complexity index is 1160. The molecule has 0 bridgehead atoms. The van der Waals surface area contributed by atoms with Crippen molar-refractivity contribution in [3.8, 4) is 5.75 Å². The van der Waals surface area contributed by atoms with Crippen molar-refractivity contribution in [2.24, 2.45) is 29.4 Å². The topological polar surface area (TPSA) is 158 Å². The second-order valence-corrected chi connectivity index (χ2v) is 10.8. The number of carbonyl (C=O) groups excluding carboxylic acids is 5. The molecule has 1 amide bonds. The number of nitrogens with two attached hydrogens (primary N) is 1. The van der Waals surface area contributed by atoms with Gasteiger partial charge in [0.25, 0.3) is 0 Å². The van der Waals surface area contributed by atoms with Gasteiger partial charge in [0.1, 0.15) is 5.75 Å². The number of fused-ring (bicyclic) bond motifs is 3. The van der Waals surface area contributed by atoms with Crippen molar-refractivity contribution < 1.29 is 34.2 Å². The first kappa shape index (κ1) is 26.1. The zero-order valence-corrected chi connectivity index (χ0v) is 21.0. The number of Topliss-reactive ketones (excluding diaryl/α,β-unsaturated/α-hetero) is 4. The number of likely N-dealkylation sites (N-methyl/N-ethyl adjacent to an activating group) is 1. The smallest absolute Gasteiger partial charge is 0.235 e. The van der Waals surface area contributed by atoms with Crippen molar-refractivity contribution in [3.63, 3.8) is 0 Å². The predicted molar refractivity (Wildman–Crippen MR) is 128 cm³/mol. The molecule has 0 heterocycles. The molecule has 2 saturated carbocycles. The van der Waals surface area contributed by atoms with Gasteiger partial charge in [0, 0.05) is 5.92 Å². The van der Waals surface area contributed by atoms with Crippen molar-refractivity contribution in [2.45, 2.75) is 37.3 Å². The number of carbonyl (C=O) groups is 5. The molecule has 10 heteroatoms. The number of amides is 1. The molecule has 194 valence electrons. The SMILES string of the molecule is CN(C)CCCc1ccc(O)c2c1C[C@H]1C[C@H]3[C@H](N(C)C)C(=O)C(C(N)=O)C(=O)[C@@]3(O)C(=O)C1C2=O. The summed E-state index contributed by atoms with van der Waals surface area (Å²) in [6, 6.07) is 2.12. The predicted octanol–water partition coefficient (Wildman–Crippen LogP) is -0.639. The van der Waals surface area contributed by atoms with Gasteiger partial charge in [-0.2, -0.15) is 0 Å². The van der Waals surface area contributed by atoms with Crippen LogP contribution < -0.4 is 5.73 Å². The van der Waals surface area contributed by atoms with Gasteiger partial charge in [-0.15, -0.1) is 0 Å². The molecular weight excluding hydrogens is 466 g/mol. The molecule has 2 fully saturated rings. The van der Waals surface area contributed by atoms with E-state index in [1.165, 1.54) is 11.0 Å². The Kier molecular flexibility index (Phi) is 6.65. The molecule has 4 rings (SSSR count). The maximum Gasteiger partial charge on any atom is 0.235 e. The Labute approximate surface area is 209 Å². The van der Waals surface area contributed by atoms with Gasteiger partial charge in [0.15, 0.2) is 34.7 Å². The number of rotatable bonds is 6. The van der Waals surface area contributed by atoms with Gasteiger partial charge in [0.2, 0.25) is 5.91 Å². The van der Waals surface area contributed by atoms with Gasteiger partial charge in [-0.3, -0.25) is 28.9 Å². The first-order valence-corrected chi connectivity index (χ1v) is 12.1. The number of benzene rings is 1. The number of hydrogen-bond donors (Lipinski definition) is 3. The van der Waals surface area contributed by atoms with Crippen LogP contribution in [0.5, 0.6) is 5.75 Å². The monoisotopic (exact) mass is 499 g/mol. The van der Waals surface area contributed by atoms with E-state index in [2.05, 4.69) is 0 Å². The highest BCUT2D eigenvalue weighted by Crippen LogP contribution is 2.51. The van der Waals surface area contributed by atoms with Crippen LogP contribution in [0.3, 0.4) is 0 Å². The van der Waals surface area contributed by atoms with Crippen molar-refractivity contribution in [3.05, 3.63) is 28.8 Å². The van der Waals surface area contributed by atoms with Crippen molar-refractivity contribution >= 4 is 29.0 Å². The number of primary amides is 1. The molecular formula is C26H33N3O7. The van der Waals surface area contributed by atoms with Crippen LogP contribution in [0.25, 0.3) is 0 Å². The highest BCUT2D eigenvalue weighted by atomic mass is 16.3. The van der Waals surface area contributed by atoms with Crippen LogP contribution in [0.1, 0.15) is 34.3 Å². The summed E-state index contributed by atoms with van der Waals surface area (Å²) in [6.45, 7) is 0.832. The van der Waals surface area contributed by atoms with Crippen LogP contribution in [0.4, 0.5) is 0 Å². The van der Waals surface area contributed by atoms with Gasteiger partial charge in [-0.25, -0.2) is 0 Å². The Hall–Kier alpha value is -2.95. The number of hydrogen-bond acceptors (Lipinski definition) is 9. The summed E-state index contributed by atoms with van der Waals surface area (Å²) < 4.78 is 0. The molecule has 0 saturated heterocycles. The zero-order chi connectivity index (χ0) is 26.7. The number of phenolic OH excluding ortho intramolecular Hbond substituents is 1. The second kappa shape index (κ2) is 9.17. The summed E-state index contributed by atoms with van der Waals surface area (Å²) >= 11 is 0. The summed E-state index contributed by atoms with van der Waals surface area (Å²) in [5, 5.41) is 22.1. The highest BCUT2D eigenvalue weighted by Gasteiger charge is 2.69. The number of aliphatic hydroxyl groups is 1. The molecule has 36 heavy (non-hydrogen) atoms. The third-order valence-electron chi connectivity index (χ3n) is 8.09. The number of aryl methyl sites for hydroxylation is 1. The van der Waals surface area contributed by atoms with Crippen molar-refractivity contribution in [1.29, 1.82) is 0 Å². The van der Waals surface area contributed by atoms with Crippen LogP contribution in [-0.2, 0) is 32.0 Å². The summed E-state index contributed by atoms with van der Waals surface area (Å²) in [4.78, 5) is 69.4. The third-order valence-corrected chi connectivity index (χ3v) is 8.09. The first-order valence-electron chi connectivity index (χ1n) is 12.1. The van der Waals surface area contributed by atoms with E-state index in [1.807, 2.05) is 19.0 Å². The molecule has 0 aliphatic heterocycles. The van der Waals surface area contributed by atoms with Gasteiger partial charge < -0.3 is 20.8 Å². The molecule has 3 aliphatic rings. The minimum absolute atomic E-state index is 0.0453. The Morgan fingerprint density at radius 2 is 1.78 bits per heavy atom. The number of nitrogens with zero attached hydrogens (tertiary/aromatic N) is 2. The standard InChI is InChI=1S/C26H33N3O7/c1-28(2)9-5-6-12-7-8-16(30)18-14(12)10-13-11-15-20(29(3)4)22(32)19(25(27)35)24(34)26(15,36)23(33)17(13)21(18)31/h7-8,13,15,17,19-20,30,36H,5-6,9-11H2,1-4H3,(H2,27,35)/t13-,15-,17?,19?,20-,26-/m0/s1. The van der Waals surface area contributed by atoms with Crippen molar-refractivity contribution in [1.82, 2.24) is 9.80 Å². The van der Waals surface area contributed by atoms with E-state index in [4.69, 9.17) is 5.73 Å². The quantitative estimate of drug-likeness (QED) is 0.433. The fourth-order valence-corrected chi connectivity index (χ4v) is 6.49. The Balaban J connectivity index is 1.79. The third kappa shape index (κ3) is 3.79. The van der Waals surface area contributed by atoms with Gasteiger partial charge in [0.05, 0.1) is 17.5 Å². The minimum Gasteiger partial charge on any atom is -0.507 e. The Morgan fingerprint density at radius 1 is 1.11 bits per heavy atom. The maximum absolute atomic E-state index is 13.8. The fourth-order valence-electron chi connectivity index (χ4n) is 6.49. The summed E-state index contributed by atoms with van der Waals surface area (Å²) in [5.74, 6) is -10.2. The summed E-state index contributed by atoms with van der Waals surface area (Å²) in [7, 11) is 7.06. The normalized spacial score (nSPS) is 31.9. The van der Waals surface area contributed by atoms with E-state index < -0.39 is 64.4 Å². The lowest BCUT2D eigenvalue weighted by molar-refractivity contribution is -0.181. The van der Waals surface area contributed by atoms with Crippen LogP contribution in [-0.4, -0.2) is 95.4 Å². The lowest BCUT2D eigenvalue weighted by atomic mass is 9.52. The zero-order valence-electron chi connectivity index (χ0n) is 21.0. The lowest BCUT2D eigenvalue weighted by Crippen LogP contribution is -2.74. The molecule has 1 aromatic carbocycles. The molecule has 0 radical (unpaired) electrons. The molecule has 6 atom stereocenters. The fraction of sp³-hybridized carbons (Fsp3) is 0.577. The second-order valence-electron chi connectivity index (χ2n) is 10.8. The molecule has 4 N–H and O–H groups in total. The Morgan fingerprint density at radius 3 is 2.36 bits per heavy atom. The largest absolute Gasteiger partial charge is 0.507 e. The van der Waals surface area contributed by atoms with Gasteiger partial charge >= 0.3 is 0 Å². The molecule has 0 spiro atoms. The van der Waals surface area contributed by atoms with E-state index in [9.17, 15) is 34.2 Å². The van der Waals surface area contributed by atoms with Crippen molar-refractivity contribution in [2.75, 3.05) is 34.7 Å². The van der Waals surface area contributed by atoms with E-state index >= 15 is 0 Å². The molecule has 3 aliphatic carbocycles. The molecule has 2 unspecified atom stereocenters. The van der Waals surface area contributed by atoms with Gasteiger partial charge in [-0.05, 0) is 83.5 Å². The van der Waals surface area contributed by atoms with E-state index in [0.717, 1.165) is 18.5 Å².